The molecule has 2 N–H and O–H groups in total. The third-order valence-corrected chi connectivity index (χ3v) is 5.18. The van der Waals surface area contributed by atoms with E-state index in [9.17, 15) is 9.59 Å². The van der Waals surface area contributed by atoms with Gasteiger partial charge in [-0.1, -0.05) is 24.3 Å². The highest BCUT2D eigenvalue weighted by atomic mass is 16.2. The lowest BCUT2D eigenvalue weighted by atomic mass is 10.00. The molecule has 25 heavy (non-hydrogen) atoms. The van der Waals surface area contributed by atoms with Gasteiger partial charge in [0.05, 0.1) is 5.56 Å². The zero-order chi connectivity index (χ0) is 18.0. The summed E-state index contributed by atoms with van der Waals surface area (Å²) in [5.74, 6) is 0. The molecule has 2 aromatic rings. The topological polar surface area (TPSA) is 70.1 Å². The number of nitrogens with zero attached hydrogens (tertiary/aromatic N) is 2. The van der Waals surface area contributed by atoms with Crippen LogP contribution in [-0.4, -0.2) is 34.1 Å². The molecule has 1 aliphatic heterocycles. The van der Waals surface area contributed by atoms with Gasteiger partial charge in [-0.05, 0) is 31.4 Å². The largest absolute Gasteiger partial charge is 0.328 e. The van der Waals surface area contributed by atoms with Crippen molar-refractivity contribution in [1.29, 1.82) is 0 Å². The molecule has 1 aromatic carbocycles. The summed E-state index contributed by atoms with van der Waals surface area (Å²) in [6.07, 6.45) is 1.09. The number of H-pyrrole nitrogens is 1. The monoisotopic (exact) mass is 342 g/mol. The predicted octanol–water partition coefficient (Wildman–Crippen LogP) is 1.09. The first-order valence-electron chi connectivity index (χ1n) is 8.79. The van der Waals surface area contributed by atoms with E-state index in [1.165, 1.54) is 15.7 Å². The van der Waals surface area contributed by atoms with Gasteiger partial charge in [-0.3, -0.25) is 14.7 Å². The maximum absolute atomic E-state index is 12.1. The smallest absolute Gasteiger partial charge is 0.309 e. The molecule has 0 radical (unpaired) electrons. The number of aromatic nitrogens is 2. The van der Waals surface area contributed by atoms with Crippen molar-refractivity contribution in [3.8, 4) is 0 Å². The van der Waals surface area contributed by atoms with Gasteiger partial charge in [0.1, 0.15) is 0 Å². The fourth-order valence-corrected chi connectivity index (χ4v) is 3.54. The Bertz CT molecular complexity index is 868. The third kappa shape index (κ3) is 3.75. The second-order valence-electron chi connectivity index (χ2n) is 6.79. The van der Waals surface area contributed by atoms with E-state index in [2.05, 4.69) is 39.5 Å². The summed E-state index contributed by atoms with van der Waals surface area (Å²) in [6.45, 7) is 7.55. The van der Waals surface area contributed by atoms with Gasteiger partial charge in [0.15, 0.2) is 0 Å². The van der Waals surface area contributed by atoms with Gasteiger partial charge in [0.2, 0.25) is 0 Å². The van der Waals surface area contributed by atoms with Crippen molar-refractivity contribution >= 4 is 0 Å². The summed E-state index contributed by atoms with van der Waals surface area (Å²) >= 11 is 0. The van der Waals surface area contributed by atoms with Crippen LogP contribution in [0.3, 0.4) is 0 Å². The predicted molar refractivity (Wildman–Crippen MR) is 98.9 cm³/mol. The van der Waals surface area contributed by atoms with Gasteiger partial charge in [-0.2, -0.15) is 0 Å². The van der Waals surface area contributed by atoms with Crippen molar-refractivity contribution in [1.82, 2.24) is 19.8 Å². The normalized spacial score (nSPS) is 15.8. The zero-order valence-electron chi connectivity index (χ0n) is 15.1. The Morgan fingerprint density at radius 2 is 1.96 bits per heavy atom. The number of fused-ring (bicyclic) bond motifs is 1. The molecule has 1 atom stereocenters. The molecule has 0 amide bonds. The molecule has 1 unspecified atom stereocenters. The fraction of sp³-hybridized carbons (Fsp3) is 0.474. The summed E-state index contributed by atoms with van der Waals surface area (Å²) in [6, 6.07) is 8.50. The molecule has 6 heteroatoms. The zero-order valence-corrected chi connectivity index (χ0v) is 15.1. The summed E-state index contributed by atoms with van der Waals surface area (Å²) in [7, 11) is 1.68. The molecule has 1 aliphatic rings. The van der Waals surface area contributed by atoms with E-state index in [1.54, 1.807) is 7.05 Å². The van der Waals surface area contributed by atoms with Crippen LogP contribution in [0.1, 0.15) is 35.3 Å². The third-order valence-electron chi connectivity index (χ3n) is 5.18. The van der Waals surface area contributed by atoms with Crippen molar-refractivity contribution in [3.63, 3.8) is 0 Å². The molecule has 0 saturated carbocycles. The second-order valence-corrected chi connectivity index (χ2v) is 6.79. The molecule has 2 heterocycles. The van der Waals surface area contributed by atoms with Crippen molar-refractivity contribution in [2.75, 3.05) is 19.6 Å². The SMILES string of the molecule is Cc1c(C(C)NCCN2CCc3ccccc3C2)c(=O)[nH]c(=O)n1C. The quantitative estimate of drug-likeness (QED) is 0.853. The number of nitrogens with one attached hydrogen (secondary N) is 2. The molecule has 134 valence electrons. The maximum Gasteiger partial charge on any atom is 0.328 e. The molecule has 3 rings (SSSR count). The van der Waals surface area contributed by atoms with Crippen LogP contribution >= 0.6 is 0 Å². The van der Waals surface area contributed by atoms with Gasteiger partial charge in [0, 0.05) is 45.0 Å². The number of benzene rings is 1. The van der Waals surface area contributed by atoms with E-state index in [0.29, 0.717) is 11.3 Å². The van der Waals surface area contributed by atoms with Crippen LogP contribution < -0.4 is 16.6 Å². The second kappa shape index (κ2) is 7.37. The van der Waals surface area contributed by atoms with Crippen molar-refractivity contribution in [2.45, 2.75) is 32.9 Å². The van der Waals surface area contributed by atoms with E-state index in [0.717, 1.165) is 32.6 Å². The summed E-state index contributed by atoms with van der Waals surface area (Å²) in [5, 5.41) is 3.42. The van der Waals surface area contributed by atoms with E-state index < -0.39 is 0 Å². The van der Waals surface area contributed by atoms with Crippen LogP contribution in [0.2, 0.25) is 0 Å². The Hall–Kier alpha value is -2.18. The summed E-state index contributed by atoms with van der Waals surface area (Å²) in [4.78, 5) is 28.6. The molecule has 6 nitrogen and oxygen atoms in total. The number of hydrogen-bond donors (Lipinski definition) is 2. The Morgan fingerprint density at radius 3 is 2.72 bits per heavy atom. The molecule has 0 aliphatic carbocycles. The van der Waals surface area contributed by atoms with Gasteiger partial charge in [0.25, 0.3) is 5.56 Å². The average Bonchev–Trinajstić information content (AvgIpc) is 2.59. The molecule has 0 bridgehead atoms. The van der Waals surface area contributed by atoms with Crippen LogP contribution in [0.4, 0.5) is 0 Å². The lowest BCUT2D eigenvalue weighted by Gasteiger charge is -2.29. The Labute approximate surface area is 147 Å². The highest BCUT2D eigenvalue weighted by molar-refractivity contribution is 5.29. The minimum atomic E-state index is -0.370. The molecule has 0 saturated heterocycles. The molecule has 0 fully saturated rings. The minimum Gasteiger partial charge on any atom is -0.309 e. The fourth-order valence-electron chi connectivity index (χ4n) is 3.54. The Morgan fingerprint density at radius 1 is 1.24 bits per heavy atom. The van der Waals surface area contributed by atoms with Crippen LogP contribution in [0.25, 0.3) is 0 Å². The van der Waals surface area contributed by atoms with E-state index in [-0.39, 0.29) is 17.3 Å². The summed E-state index contributed by atoms with van der Waals surface area (Å²) < 4.78 is 1.48. The lowest BCUT2D eigenvalue weighted by Crippen LogP contribution is -2.39. The van der Waals surface area contributed by atoms with Crippen LogP contribution in [0.5, 0.6) is 0 Å². The first kappa shape index (κ1) is 17.6. The molecule has 1 aromatic heterocycles. The molecular formula is C19H26N4O2. The van der Waals surface area contributed by atoms with Crippen LogP contribution in [-0.2, 0) is 20.0 Å². The number of rotatable bonds is 5. The summed E-state index contributed by atoms with van der Waals surface area (Å²) in [5.41, 5.74) is 3.53. The van der Waals surface area contributed by atoms with E-state index in [1.807, 2.05) is 13.8 Å². The highest BCUT2D eigenvalue weighted by Gasteiger charge is 2.18. The van der Waals surface area contributed by atoms with E-state index in [4.69, 9.17) is 0 Å². The van der Waals surface area contributed by atoms with Gasteiger partial charge in [-0.15, -0.1) is 0 Å². The van der Waals surface area contributed by atoms with Gasteiger partial charge in [-0.25, -0.2) is 4.79 Å². The number of aromatic amines is 1. The standard InChI is InChI=1S/C19H26N4O2/c1-13(17-14(2)22(3)19(25)21-18(17)24)20-9-11-23-10-8-15-6-4-5-7-16(15)12-23/h4-7,13,20H,8-12H2,1-3H3,(H,21,24,25). The van der Waals surface area contributed by atoms with E-state index >= 15 is 0 Å². The van der Waals surface area contributed by atoms with Crippen molar-refractivity contribution in [3.05, 3.63) is 67.5 Å². The highest BCUT2D eigenvalue weighted by Crippen LogP contribution is 2.18. The Kier molecular flexibility index (Phi) is 5.20. The minimum absolute atomic E-state index is 0.104. The molecule has 0 spiro atoms. The maximum atomic E-state index is 12.1. The molecular weight excluding hydrogens is 316 g/mol. The van der Waals surface area contributed by atoms with Crippen molar-refractivity contribution in [2.24, 2.45) is 7.05 Å². The average molecular weight is 342 g/mol. The first-order valence-corrected chi connectivity index (χ1v) is 8.79. The van der Waals surface area contributed by atoms with Gasteiger partial charge < -0.3 is 9.88 Å². The Balaban J connectivity index is 1.59. The number of hydrogen-bond acceptors (Lipinski definition) is 4. The first-order chi connectivity index (χ1) is 12.0. The van der Waals surface area contributed by atoms with Gasteiger partial charge >= 0.3 is 5.69 Å². The van der Waals surface area contributed by atoms with Crippen molar-refractivity contribution < 1.29 is 0 Å². The van der Waals surface area contributed by atoms with Crippen LogP contribution in [0.15, 0.2) is 33.9 Å². The van der Waals surface area contributed by atoms with Crippen LogP contribution in [0, 0.1) is 6.92 Å². The lowest BCUT2D eigenvalue weighted by molar-refractivity contribution is 0.251.